The van der Waals surface area contributed by atoms with Crippen LogP contribution >= 0.6 is 11.3 Å². The molecule has 0 spiro atoms. The van der Waals surface area contributed by atoms with Gasteiger partial charge in [0.2, 0.25) is 5.91 Å². The lowest BCUT2D eigenvalue weighted by Gasteiger charge is -2.03. The van der Waals surface area contributed by atoms with E-state index in [-0.39, 0.29) is 5.91 Å². The van der Waals surface area contributed by atoms with Crippen molar-refractivity contribution >= 4 is 17.2 Å². The zero-order valence-corrected chi connectivity index (χ0v) is 10.7. The topological polar surface area (TPSA) is 54.0 Å². The number of nitrogens with zero attached hydrogens (tertiary/aromatic N) is 1. The molecule has 90 valence electrons. The van der Waals surface area contributed by atoms with Gasteiger partial charge in [-0.25, -0.2) is 4.98 Å². The summed E-state index contributed by atoms with van der Waals surface area (Å²) in [5.74, 6) is 0.0780. The molecule has 0 saturated heterocycles. The molecule has 1 aromatic heterocycles. The molecule has 5 heteroatoms. The number of amides is 1. The van der Waals surface area contributed by atoms with E-state index >= 15 is 0 Å². The number of hydrogen-bond acceptors (Lipinski definition) is 4. The van der Waals surface area contributed by atoms with Gasteiger partial charge >= 0.3 is 0 Å². The molecule has 0 aliphatic rings. The average molecular weight is 241 g/mol. The van der Waals surface area contributed by atoms with Crippen LogP contribution in [-0.2, 0) is 17.8 Å². The molecule has 0 bridgehead atoms. The van der Waals surface area contributed by atoms with E-state index in [9.17, 15) is 4.79 Å². The van der Waals surface area contributed by atoms with Crippen LogP contribution in [0.5, 0.6) is 0 Å². The highest BCUT2D eigenvalue weighted by Gasteiger charge is 2.03. The van der Waals surface area contributed by atoms with Crippen LogP contribution in [0.2, 0.25) is 0 Å². The van der Waals surface area contributed by atoms with Crippen molar-refractivity contribution in [1.29, 1.82) is 0 Å². The lowest BCUT2D eigenvalue weighted by Crippen LogP contribution is -2.27. The number of aryl methyl sites for hydroxylation is 1. The van der Waals surface area contributed by atoms with Gasteiger partial charge in [-0.1, -0.05) is 13.8 Å². The second-order valence-electron chi connectivity index (χ2n) is 3.45. The van der Waals surface area contributed by atoms with Gasteiger partial charge < -0.3 is 10.6 Å². The van der Waals surface area contributed by atoms with Crippen molar-refractivity contribution in [1.82, 2.24) is 15.6 Å². The molecule has 0 saturated carbocycles. The Hall–Kier alpha value is -0.940. The van der Waals surface area contributed by atoms with E-state index in [0.717, 1.165) is 24.5 Å². The summed E-state index contributed by atoms with van der Waals surface area (Å²) in [6.45, 7) is 6.32. The van der Waals surface area contributed by atoms with E-state index in [0.29, 0.717) is 13.0 Å². The minimum Gasteiger partial charge on any atom is -0.350 e. The van der Waals surface area contributed by atoms with Gasteiger partial charge in [0.05, 0.1) is 6.54 Å². The molecular formula is C11H19N3OS. The number of aromatic nitrogens is 1. The first-order chi connectivity index (χ1) is 7.76. The highest BCUT2D eigenvalue weighted by atomic mass is 32.1. The summed E-state index contributed by atoms with van der Waals surface area (Å²) in [7, 11) is 0. The second-order valence-corrected chi connectivity index (χ2v) is 4.65. The maximum Gasteiger partial charge on any atom is 0.221 e. The second kappa shape index (κ2) is 7.35. The summed E-state index contributed by atoms with van der Waals surface area (Å²) in [5, 5.41) is 6.96. The Morgan fingerprint density at radius 1 is 1.50 bits per heavy atom. The van der Waals surface area contributed by atoms with Gasteiger partial charge in [-0.15, -0.1) is 11.3 Å². The van der Waals surface area contributed by atoms with Crippen LogP contribution in [0.4, 0.5) is 0 Å². The Morgan fingerprint density at radius 2 is 2.31 bits per heavy atom. The van der Waals surface area contributed by atoms with Crippen LogP contribution in [0.3, 0.4) is 0 Å². The third kappa shape index (κ3) is 4.72. The first-order valence-electron chi connectivity index (χ1n) is 5.67. The van der Waals surface area contributed by atoms with Crippen molar-refractivity contribution in [2.24, 2.45) is 0 Å². The van der Waals surface area contributed by atoms with Gasteiger partial charge in [0.15, 0.2) is 0 Å². The van der Waals surface area contributed by atoms with Crippen molar-refractivity contribution in [3.05, 3.63) is 16.1 Å². The minimum atomic E-state index is 0.0780. The molecule has 0 aromatic carbocycles. The van der Waals surface area contributed by atoms with E-state index in [1.54, 1.807) is 11.3 Å². The smallest absolute Gasteiger partial charge is 0.221 e. The van der Waals surface area contributed by atoms with Crippen LogP contribution in [0.15, 0.2) is 6.20 Å². The summed E-state index contributed by atoms with van der Waals surface area (Å²) >= 11 is 1.66. The summed E-state index contributed by atoms with van der Waals surface area (Å²) in [5.41, 5.74) is 0. The van der Waals surface area contributed by atoms with Crippen LogP contribution in [0.1, 0.15) is 30.2 Å². The summed E-state index contributed by atoms with van der Waals surface area (Å²) < 4.78 is 0. The van der Waals surface area contributed by atoms with Crippen molar-refractivity contribution in [2.75, 3.05) is 13.1 Å². The van der Waals surface area contributed by atoms with Gasteiger partial charge in [0.25, 0.3) is 0 Å². The Bertz CT molecular complexity index is 325. The fourth-order valence-corrected chi connectivity index (χ4v) is 2.04. The summed E-state index contributed by atoms with van der Waals surface area (Å²) in [6.07, 6.45) is 3.41. The number of carbonyl (C=O) groups excluding carboxylic acids is 1. The Balaban J connectivity index is 2.20. The maximum atomic E-state index is 11.4. The highest BCUT2D eigenvalue weighted by molar-refractivity contribution is 7.11. The van der Waals surface area contributed by atoms with Crippen LogP contribution in [0.25, 0.3) is 0 Å². The molecule has 4 nitrogen and oxygen atoms in total. The lowest BCUT2D eigenvalue weighted by molar-refractivity contribution is -0.121. The number of hydrogen-bond donors (Lipinski definition) is 2. The molecule has 1 aromatic rings. The van der Waals surface area contributed by atoms with Gasteiger partial charge in [0, 0.05) is 24.0 Å². The van der Waals surface area contributed by atoms with E-state index < -0.39 is 0 Å². The maximum absolute atomic E-state index is 11.4. The molecule has 1 rings (SSSR count). The third-order valence-electron chi connectivity index (χ3n) is 2.17. The van der Waals surface area contributed by atoms with Crippen LogP contribution in [-0.4, -0.2) is 24.0 Å². The van der Waals surface area contributed by atoms with Gasteiger partial charge in [-0.05, 0) is 13.0 Å². The van der Waals surface area contributed by atoms with Crippen LogP contribution < -0.4 is 10.6 Å². The normalized spacial score (nSPS) is 10.4. The van der Waals surface area contributed by atoms with Gasteiger partial charge in [0.1, 0.15) is 5.01 Å². The third-order valence-corrected chi connectivity index (χ3v) is 3.31. The average Bonchev–Trinajstić information content (AvgIpc) is 2.74. The number of nitrogens with one attached hydrogen (secondary N) is 2. The van der Waals surface area contributed by atoms with E-state index in [1.165, 1.54) is 4.88 Å². The van der Waals surface area contributed by atoms with Crippen molar-refractivity contribution in [2.45, 2.75) is 33.2 Å². The first kappa shape index (κ1) is 13.1. The number of rotatable bonds is 7. The SMILES string of the molecule is CCNCCC(=O)NCc1ncc(CC)s1. The molecule has 0 atom stereocenters. The predicted octanol–water partition coefficient (Wildman–Crippen LogP) is 1.32. The van der Waals surface area contributed by atoms with Gasteiger partial charge in [-0.2, -0.15) is 0 Å². The summed E-state index contributed by atoms with van der Waals surface area (Å²) in [6, 6.07) is 0. The highest BCUT2D eigenvalue weighted by Crippen LogP contribution is 2.12. The number of thiazole rings is 1. The fourth-order valence-electron chi connectivity index (χ4n) is 1.23. The molecule has 0 aliphatic carbocycles. The largest absolute Gasteiger partial charge is 0.350 e. The first-order valence-corrected chi connectivity index (χ1v) is 6.48. The van der Waals surface area contributed by atoms with Crippen molar-refractivity contribution in [3.8, 4) is 0 Å². The molecule has 2 N–H and O–H groups in total. The quantitative estimate of drug-likeness (QED) is 0.708. The zero-order valence-electron chi connectivity index (χ0n) is 9.88. The fraction of sp³-hybridized carbons (Fsp3) is 0.636. The van der Waals surface area contributed by atoms with Crippen molar-refractivity contribution < 1.29 is 4.79 Å². The Labute approximate surface area is 100 Å². The van der Waals surface area contributed by atoms with E-state index in [4.69, 9.17) is 0 Å². The minimum absolute atomic E-state index is 0.0780. The monoisotopic (exact) mass is 241 g/mol. The van der Waals surface area contributed by atoms with E-state index in [2.05, 4.69) is 22.5 Å². The van der Waals surface area contributed by atoms with Crippen LogP contribution in [0, 0.1) is 0 Å². The van der Waals surface area contributed by atoms with Gasteiger partial charge in [-0.3, -0.25) is 4.79 Å². The lowest BCUT2D eigenvalue weighted by atomic mass is 10.4. The standard InChI is InChI=1S/C11H19N3OS/c1-3-9-7-14-11(16-9)8-13-10(15)5-6-12-4-2/h7,12H,3-6,8H2,1-2H3,(H,13,15). The molecule has 0 unspecified atom stereocenters. The zero-order chi connectivity index (χ0) is 11.8. The molecule has 0 fully saturated rings. The number of carbonyl (C=O) groups is 1. The molecule has 0 aliphatic heterocycles. The Kier molecular flexibility index (Phi) is 6.03. The predicted molar refractivity (Wildman–Crippen MR) is 66.5 cm³/mol. The molecule has 16 heavy (non-hydrogen) atoms. The van der Waals surface area contributed by atoms with Crippen molar-refractivity contribution in [3.63, 3.8) is 0 Å². The summed E-state index contributed by atoms with van der Waals surface area (Å²) in [4.78, 5) is 16.9. The molecule has 1 heterocycles. The van der Waals surface area contributed by atoms with E-state index in [1.807, 2.05) is 13.1 Å². The Morgan fingerprint density at radius 3 is 2.94 bits per heavy atom. The molecule has 0 radical (unpaired) electrons. The molecular weight excluding hydrogens is 222 g/mol. The molecule has 1 amide bonds.